The highest BCUT2D eigenvalue weighted by molar-refractivity contribution is 5.93. The van der Waals surface area contributed by atoms with Crippen LogP contribution < -0.4 is 0 Å². The van der Waals surface area contributed by atoms with Crippen molar-refractivity contribution in [1.82, 2.24) is 9.38 Å². The number of pyridine rings is 1. The molecule has 4 heteroatoms. The molecule has 114 valence electrons. The van der Waals surface area contributed by atoms with E-state index in [0.29, 0.717) is 12.2 Å². The van der Waals surface area contributed by atoms with E-state index in [2.05, 4.69) is 30.1 Å². The standard InChI is InChI=1S/C18H20N2O2/c1-4-5-8-22-18(21)14-10-17-19-15-9-12(2)6-7-16(15)20(17)11-13(14)3/h6-7,9-11H,4-5,8H2,1-3H3. The number of esters is 1. The molecule has 1 aromatic carbocycles. The first-order chi connectivity index (χ1) is 10.6. The fourth-order valence-electron chi connectivity index (χ4n) is 2.58. The van der Waals surface area contributed by atoms with E-state index in [0.717, 1.165) is 35.1 Å². The molecule has 3 aromatic rings. The number of unbranched alkanes of at least 4 members (excludes halogenated alkanes) is 1. The first-order valence-corrected chi connectivity index (χ1v) is 7.66. The third-order valence-corrected chi connectivity index (χ3v) is 3.84. The van der Waals surface area contributed by atoms with Crippen LogP contribution in [0.5, 0.6) is 0 Å². The van der Waals surface area contributed by atoms with Crippen LogP contribution in [-0.4, -0.2) is 22.0 Å². The Hall–Kier alpha value is -2.36. The Morgan fingerprint density at radius 2 is 2.09 bits per heavy atom. The van der Waals surface area contributed by atoms with Crippen molar-refractivity contribution in [2.45, 2.75) is 33.6 Å². The summed E-state index contributed by atoms with van der Waals surface area (Å²) in [6, 6.07) is 8.00. The Morgan fingerprint density at radius 1 is 1.27 bits per heavy atom. The van der Waals surface area contributed by atoms with E-state index in [1.165, 1.54) is 5.56 Å². The number of ether oxygens (including phenoxy) is 1. The number of rotatable bonds is 4. The van der Waals surface area contributed by atoms with Gasteiger partial charge in [0.15, 0.2) is 0 Å². The van der Waals surface area contributed by atoms with E-state index in [9.17, 15) is 4.79 Å². The maximum atomic E-state index is 12.2. The molecule has 22 heavy (non-hydrogen) atoms. The van der Waals surface area contributed by atoms with Crippen LogP contribution in [0.2, 0.25) is 0 Å². The number of aryl methyl sites for hydroxylation is 2. The lowest BCUT2D eigenvalue weighted by Crippen LogP contribution is -2.09. The second-order valence-corrected chi connectivity index (χ2v) is 5.69. The van der Waals surface area contributed by atoms with Crippen LogP contribution in [0.25, 0.3) is 16.7 Å². The molecule has 4 nitrogen and oxygen atoms in total. The number of benzene rings is 1. The number of imidazole rings is 1. The van der Waals surface area contributed by atoms with Gasteiger partial charge in [0.25, 0.3) is 0 Å². The van der Waals surface area contributed by atoms with Crippen LogP contribution in [0, 0.1) is 13.8 Å². The van der Waals surface area contributed by atoms with Gasteiger partial charge in [-0.2, -0.15) is 0 Å². The van der Waals surface area contributed by atoms with Crippen molar-refractivity contribution in [3.63, 3.8) is 0 Å². The largest absolute Gasteiger partial charge is 0.462 e. The molecule has 0 radical (unpaired) electrons. The zero-order chi connectivity index (χ0) is 15.7. The minimum absolute atomic E-state index is 0.267. The van der Waals surface area contributed by atoms with Gasteiger partial charge in [-0.25, -0.2) is 9.78 Å². The Morgan fingerprint density at radius 3 is 2.86 bits per heavy atom. The second kappa shape index (κ2) is 5.79. The molecule has 0 unspecified atom stereocenters. The number of carbonyl (C=O) groups is 1. The maximum Gasteiger partial charge on any atom is 0.338 e. The molecule has 0 saturated heterocycles. The monoisotopic (exact) mass is 296 g/mol. The predicted molar refractivity (Wildman–Crippen MR) is 87.4 cm³/mol. The highest BCUT2D eigenvalue weighted by atomic mass is 16.5. The molecule has 2 heterocycles. The van der Waals surface area contributed by atoms with Crippen LogP contribution in [0.1, 0.15) is 41.3 Å². The molecule has 0 aliphatic heterocycles. The zero-order valence-electron chi connectivity index (χ0n) is 13.2. The van der Waals surface area contributed by atoms with Crippen LogP contribution in [0.3, 0.4) is 0 Å². The summed E-state index contributed by atoms with van der Waals surface area (Å²) in [6.07, 6.45) is 3.85. The predicted octanol–water partition coefficient (Wildman–Crippen LogP) is 4.06. The number of aromatic nitrogens is 2. The van der Waals surface area contributed by atoms with Gasteiger partial charge >= 0.3 is 5.97 Å². The van der Waals surface area contributed by atoms with Crippen molar-refractivity contribution in [3.8, 4) is 0 Å². The van der Waals surface area contributed by atoms with Crippen LogP contribution in [0.15, 0.2) is 30.5 Å². The Bertz CT molecular complexity index is 849. The number of nitrogens with zero attached hydrogens (tertiary/aromatic N) is 2. The summed E-state index contributed by atoms with van der Waals surface area (Å²) in [5.74, 6) is -0.267. The molecule has 3 rings (SSSR count). The molecule has 0 aliphatic carbocycles. The van der Waals surface area contributed by atoms with Crippen molar-refractivity contribution in [3.05, 3.63) is 47.2 Å². The van der Waals surface area contributed by atoms with Gasteiger partial charge in [-0.05, 0) is 49.6 Å². The highest BCUT2D eigenvalue weighted by Crippen LogP contribution is 2.21. The van der Waals surface area contributed by atoms with E-state index in [1.807, 2.05) is 30.5 Å². The average molecular weight is 296 g/mol. The minimum atomic E-state index is -0.267. The van der Waals surface area contributed by atoms with Gasteiger partial charge in [0, 0.05) is 6.20 Å². The van der Waals surface area contributed by atoms with Crippen molar-refractivity contribution in [1.29, 1.82) is 0 Å². The lowest BCUT2D eigenvalue weighted by atomic mass is 10.1. The summed E-state index contributed by atoms with van der Waals surface area (Å²) < 4.78 is 7.34. The van der Waals surface area contributed by atoms with Gasteiger partial charge in [-0.15, -0.1) is 0 Å². The number of carbonyl (C=O) groups excluding carboxylic acids is 1. The van der Waals surface area contributed by atoms with Crippen LogP contribution in [0.4, 0.5) is 0 Å². The summed E-state index contributed by atoms with van der Waals surface area (Å²) in [7, 11) is 0. The van der Waals surface area contributed by atoms with Gasteiger partial charge < -0.3 is 4.74 Å². The number of hydrogen-bond donors (Lipinski definition) is 0. The van der Waals surface area contributed by atoms with Crippen LogP contribution >= 0.6 is 0 Å². The van der Waals surface area contributed by atoms with Crippen molar-refractivity contribution in [2.75, 3.05) is 6.61 Å². The van der Waals surface area contributed by atoms with E-state index in [4.69, 9.17) is 4.74 Å². The van der Waals surface area contributed by atoms with Crippen molar-refractivity contribution < 1.29 is 9.53 Å². The Balaban J connectivity index is 2.04. The number of fused-ring (bicyclic) bond motifs is 3. The van der Waals surface area contributed by atoms with E-state index in [-0.39, 0.29) is 5.97 Å². The first-order valence-electron chi connectivity index (χ1n) is 7.66. The molecule has 0 bridgehead atoms. The Labute approximate surface area is 129 Å². The van der Waals surface area contributed by atoms with Crippen LogP contribution in [-0.2, 0) is 4.74 Å². The van der Waals surface area contributed by atoms with Gasteiger partial charge in [-0.1, -0.05) is 19.4 Å². The van der Waals surface area contributed by atoms with Gasteiger partial charge in [0.1, 0.15) is 5.65 Å². The van der Waals surface area contributed by atoms with Crippen molar-refractivity contribution >= 4 is 22.6 Å². The summed E-state index contributed by atoms with van der Waals surface area (Å²) in [5.41, 5.74) is 5.43. The molecule has 0 saturated carbocycles. The SMILES string of the molecule is CCCCOC(=O)c1cc2nc3cc(C)ccc3n2cc1C. The molecule has 0 N–H and O–H groups in total. The fraction of sp³-hybridized carbons (Fsp3) is 0.333. The fourth-order valence-corrected chi connectivity index (χ4v) is 2.58. The zero-order valence-corrected chi connectivity index (χ0v) is 13.2. The van der Waals surface area contributed by atoms with E-state index >= 15 is 0 Å². The van der Waals surface area contributed by atoms with Gasteiger partial charge in [-0.3, -0.25) is 4.40 Å². The number of hydrogen-bond acceptors (Lipinski definition) is 3. The smallest absolute Gasteiger partial charge is 0.338 e. The lowest BCUT2D eigenvalue weighted by Gasteiger charge is -2.07. The molecular formula is C18H20N2O2. The average Bonchev–Trinajstić information content (AvgIpc) is 2.83. The molecule has 0 spiro atoms. The summed E-state index contributed by atoms with van der Waals surface area (Å²) in [4.78, 5) is 16.8. The van der Waals surface area contributed by atoms with Gasteiger partial charge in [0.2, 0.25) is 0 Å². The topological polar surface area (TPSA) is 43.6 Å². The van der Waals surface area contributed by atoms with E-state index in [1.54, 1.807) is 0 Å². The third-order valence-electron chi connectivity index (χ3n) is 3.84. The molecule has 2 aromatic heterocycles. The van der Waals surface area contributed by atoms with Crippen molar-refractivity contribution in [2.24, 2.45) is 0 Å². The highest BCUT2D eigenvalue weighted by Gasteiger charge is 2.14. The molecule has 0 atom stereocenters. The summed E-state index contributed by atoms with van der Waals surface area (Å²) >= 11 is 0. The normalized spacial score (nSPS) is 11.2. The molecular weight excluding hydrogens is 276 g/mol. The molecule has 0 fully saturated rings. The molecule has 0 aliphatic rings. The minimum Gasteiger partial charge on any atom is -0.462 e. The summed E-state index contributed by atoms with van der Waals surface area (Å²) in [5, 5.41) is 0. The Kier molecular flexibility index (Phi) is 3.84. The third kappa shape index (κ3) is 2.56. The quantitative estimate of drug-likeness (QED) is 0.538. The van der Waals surface area contributed by atoms with Gasteiger partial charge in [0.05, 0.1) is 23.2 Å². The molecule has 0 amide bonds. The van der Waals surface area contributed by atoms with E-state index < -0.39 is 0 Å². The second-order valence-electron chi connectivity index (χ2n) is 5.69. The first kappa shape index (κ1) is 14.6. The lowest BCUT2D eigenvalue weighted by molar-refractivity contribution is 0.0499. The maximum absolute atomic E-state index is 12.2. The summed E-state index contributed by atoms with van der Waals surface area (Å²) in [6.45, 7) is 6.51.